The quantitative estimate of drug-likeness (QED) is 0.255. The van der Waals surface area contributed by atoms with E-state index in [1.807, 2.05) is 0 Å². The topological polar surface area (TPSA) is 244 Å². The van der Waals surface area contributed by atoms with Gasteiger partial charge in [-0.05, 0) is 0 Å². The summed E-state index contributed by atoms with van der Waals surface area (Å²) in [6.07, 6.45) is 2.95. The average molecular weight is 588 g/mol. The fraction of sp³-hybridized carbons (Fsp3) is 0.375. The lowest BCUT2D eigenvalue weighted by atomic mass is 10.2. The lowest BCUT2D eigenvalue weighted by molar-refractivity contribution is -0.142. The molecule has 3 aromatic rings. The van der Waals surface area contributed by atoms with Crippen LogP contribution in [-0.2, 0) is 28.6 Å². The highest BCUT2D eigenvalue weighted by atomic mass is 16.5. The largest absolute Gasteiger partial charge is 0.463 e. The Kier molecular flexibility index (Phi) is 8.93. The molecule has 0 radical (unpaired) electrons. The summed E-state index contributed by atoms with van der Waals surface area (Å²) in [7, 11) is 0. The van der Waals surface area contributed by atoms with Crippen molar-refractivity contribution >= 4 is 35.6 Å². The number of nitrogens with zero attached hydrogens (tertiary/aromatic N) is 3. The lowest BCUT2D eigenvalue weighted by Gasteiger charge is -2.16. The molecule has 18 heteroatoms. The first-order valence-electron chi connectivity index (χ1n) is 12.2. The molecular formula is C24H24N6O12. The Hall–Kier alpha value is -5.55. The van der Waals surface area contributed by atoms with Crippen molar-refractivity contribution in [3.05, 3.63) is 53.5 Å². The van der Waals surface area contributed by atoms with Crippen molar-refractivity contribution in [3.8, 4) is 0 Å². The molecule has 0 saturated carbocycles. The van der Waals surface area contributed by atoms with Crippen LogP contribution in [0.2, 0.25) is 0 Å². The van der Waals surface area contributed by atoms with E-state index >= 15 is 0 Å². The molecule has 6 bridgehead atoms. The van der Waals surface area contributed by atoms with Crippen molar-refractivity contribution < 1.29 is 56.2 Å². The van der Waals surface area contributed by atoms with Crippen molar-refractivity contribution in [1.82, 2.24) is 30.9 Å². The Morgan fingerprint density at radius 3 is 1.10 bits per heavy atom. The Bertz CT molecular complexity index is 1330. The molecule has 3 amide bonds. The molecule has 1 aliphatic heterocycles. The normalized spacial score (nSPS) is 18.9. The van der Waals surface area contributed by atoms with Gasteiger partial charge in [0, 0.05) is 20.8 Å². The summed E-state index contributed by atoms with van der Waals surface area (Å²) in [4.78, 5) is 85.6. The molecule has 0 unspecified atom stereocenters. The zero-order chi connectivity index (χ0) is 30.4. The third-order valence-electron chi connectivity index (χ3n) is 5.43. The molecule has 222 valence electrons. The Morgan fingerprint density at radius 2 is 0.857 bits per heavy atom. The van der Waals surface area contributed by atoms with E-state index in [9.17, 15) is 28.8 Å². The molecule has 4 rings (SSSR count). The summed E-state index contributed by atoms with van der Waals surface area (Å²) in [5.74, 6) is -5.08. The number of carbonyl (C=O) groups excluding carboxylic acids is 6. The summed E-state index contributed by atoms with van der Waals surface area (Å²) < 4.78 is 31.1. The predicted molar refractivity (Wildman–Crippen MR) is 130 cm³/mol. The molecule has 42 heavy (non-hydrogen) atoms. The van der Waals surface area contributed by atoms with Crippen molar-refractivity contribution in [2.45, 2.75) is 38.9 Å². The van der Waals surface area contributed by atoms with Gasteiger partial charge >= 0.3 is 17.9 Å². The van der Waals surface area contributed by atoms with Crippen molar-refractivity contribution in [1.29, 1.82) is 0 Å². The van der Waals surface area contributed by atoms with Gasteiger partial charge < -0.3 is 43.4 Å². The number of hydrogen-bond acceptors (Lipinski definition) is 15. The maximum Gasteiger partial charge on any atom is 0.302 e. The minimum atomic E-state index is -1.18. The zero-order valence-electron chi connectivity index (χ0n) is 22.3. The number of carbonyl (C=O) groups is 6. The van der Waals surface area contributed by atoms with E-state index in [4.69, 9.17) is 27.5 Å². The van der Waals surface area contributed by atoms with Crippen LogP contribution in [0.25, 0.3) is 0 Å². The fourth-order valence-corrected chi connectivity index (χ4v) is 3.48. The number of nitrogens with one attached hydrogen (secondary N) is 3. The molecule has 0 aliphatic carbocycles. The molecule has 0 saturated heterocycles. The van der Waals surface area contributed by atoms with Gasteiger partial charge in [-0.25, -0.2) is 15.0 Å². The fourth-order valence-electron chi connectivity index (χ4n) is 3.48. The average Bonchev–Trinajstić information content (AvgIpc) is 3.71. The van der Waals surface area contributed by atoms with Gasteiger partial charge in [0.05, 0.1) is 0 Å². The second kappa shape index (κ2) is 12.7. The van der Waals surface area contributed by atoms with Gasteiger partial charge in [0.25, 0.3) is 17.7 Å². The van der Waals surface area contributed by atoms with Gasteiger partial charge in [-0.3, -0.25) is 28.8 Å². The number of rotatable bonds is 6. The second-order valence-corrected chi connectivity index (χ2v) is 8.70. The SMILES string of the molecule is CC(=O)OC[C@@H]1NC(=O)c2coc(n2)[C@H](COC(C)=O)NC(=O)c2coc(n2)[C@H](COC(C)=O)NC(=O)c2coc1n2. The number of oxazole rings is 3. The van der Waals surface area contributed by atoms with Gasteiger partial charge in [-0.15, -0.1) is 0 Å². The summed E-state index contributed by atoms with van der Waals surface area (Å²) in [6.45, 7) is 2.18. The number of esters is 3. The number of fused-ring (bicyclic) bond motifs is 6. The van der Waals surface area contributed by atoms with Gasteiger partial charge in [0.15, 0.2) is 17.1 Å². The van der Waals surface area contributed by atoms with Crippen molar-refractivity contribution in [3.63, 3.8) is 0 Å². The molecule has 1 aliphatic rings. The van der Waals surface area contributed by atoms with Crippen LogP contribution in [0.1, 0.15) is 88.0 Å². The van der Waals surface area contributed by atoms with E-state index < -0.39 is 73.6 Å². The summed E-state index contributed by atoms with van der Waals surface area (Å²) >= 11 is 0. The summed E-state index contributed by atoms with van der Waals surface area (Å²) in [5, 5.41) is 7.55. The van der Waals surface area contributed by atoms with Gasteiger partial charge in [0.1, 0.15) is 56.7 Å². The van der Waals surface area contributed by atoms with Crippen LogP contribution in [0, 0.1) is 0 Å². The number of hydrogen-bond donors (Lipinski definition) is 3. The van der Waals surface area contributed by atoms with E-state index in [0.717, 1.165) is 39.6 Å². The van der Waals surface area contributed by atoms with Gasteiger partial charge in [-0.1, -0.05) is 0 Å². The van der Waals surface area contributed by atoms with Crippen LogP contribution in [-0.4, -0.2) is 70.4 Å². The standard InChI is InChI=1S/C24H24N6O12/c1-10(31)37-7-16-22-28-14(4-40-22)20(35)26-18(9-39-12(3)33)24-30-15(6-42-24)21(36)27-17(8-38-11(2)32)23-29-13(5-41-23)19(34)25-16/h4-6,16-18H,7-9H2,1-3H3,(H,25,34)(H,26,35)(H,27,36)/t16-,17-,18-/m0/s1. The molecule has 3 N–H and O–H groups in total. The smallest absolute Gasteiger partial charge is 0.302 e. The van der Waals surface area contributed by atoms with Crippen molar-refractivity contribution in [2.24, 2.45) is 0 Å². The minimum Gasteiger partial charge on any atom is -0.463 e. The van der Waals surface area contributed by atoms with Gasteiger partial charge in [-0.2, -0.15) is 0 Å². The third kappa shape index (κ3) is 7.34. The molecule has 0 aromatic carbocycles. The first kappa shape index (κ1) is 29.4. The maximum atomic E-state index is 13.0. The molecule has 3 atom stereocenters. The van der Waals surface area contributed by atoms with E-state index in [-0.39, 0.29) is 34.8 Å². The zero-order valence-corrected chi connectivity index (χ0v) is 22.3. The molecular weight excluding hydrogens is 564 g/mol. The summed E-state index contributed by atoms with van der Waals surface area (Å²) in [5.41, 5.74) is -0.785. The lowest BCUT2D eigenvalue weighted by Crippen LogP contribution is -2.35. The highest BCUT2D eigenvalue weighted by molar-refractivity contribution is 5.94. The van der Waals surface area contributed by atoms with Gasteiger partial charge in [0.2, 0.25) is 17.7 Å². The predicted octanol–water partition coefficient (Wildman–Crippen LogP) is 0.0666. The third-order valence-corrected chi connectivity index (χ3v) is 5.43. The summed E-state index contributed by atoms with van der Waals surface area (Å²) in [6, 6.07) is -3.53. The Morgan fingerprint density at radius 1 is 0.595 bits per heavy atom. The Labute approximate surface area is 235 Å². The monoisotopic (exact) mass is 588 g/mol. The molecule has 18 nitrogen and oxygen atoms in total. The number of ether oxygens (including phenoxy) is 3. The molecule has 3 aromatic heterocycles. The molecule has 0 fully saturated rings. The highest BCUT2D eigenvalue weighted by Crippen LogP contribution is 2.20. The van der Waals surface area contributed by atoms with E-state index in [2.05, 4.69) is 30.9 Å². The second-order valence-electron chi connectivity index (χ2n) is 8.70. The van der Waals surface area contributed by atoms with Crippen LogP contribution in [0.15, 0.2) is 32.0 Å². The van der Waals surface area contributed by atoms with Crippen LogP contribution in [0.3, 0.4) is 0 Å². The molecule has 0 spiro atoms. The highest BCUT2D eigenvalue weighted by Gasteiger charge is 2.30. The molecule has 4 heterocycles. The van der Waals surface area contributed by atoms with Crippen LogP contribution in [0.4, 0.5) is 0 Å². The number of aromatic nitrogens is 3. The van der Waals surface area contributed by atoms with E-state index in [0.29, 0.717) is 0 Å². The maximum absolute atomic E-state index is 13.0. The van der Waals surface area contributed by atoms with Crippen LogP contribution in [0.5, 0.6) is 0 Å². The van der Waals surface area contributed by atoms with Crippen LogP contribution >= 0.6 is 0 Å². The first-order chi connectivity index (χ1) is 20.0. The van der Waals surface area contributed by atoms with Crippen molar-refractivity contribution in [2.75, 3.05) is 19.8 Å². The Balaban J connectivity index is 1.74. The number of amides is 3. The first-order valence-corrected chi connectivity index (χ1v) is 12.2. The minimum absolute atomic E-state index is 0.200. The van der Waals surface area contributed by atoms with E-state index in [1.54, 1.807) is 0 Å². The van der Waals surface area contributed by atoms with E-state index in [1.165, 1.54) is 0 Å². The van der Waals surface area contributed by atoms with Crippen LogP contribution < -0.4 is 16.0 Å².